The van der Waals surface area contributed by atoms with E-state index in [1.165, 1.54) is 17.7 Å². The Bertz CT molecular complexity index is 844. The number of aliphatic imine (C=N–C) groups is 1. The Morgan fingerprint density at radius 1 is 1.17 bits per heavy atom. The standard InChI is InChI=1S/C22H28N4O2S.HI/c1-2-24-21(25-14-17-7-6-8-18(13-17)28-15-20(23)27)26-16-22(11-12-22)29-19-9-4-3-5-10-19;/h3-10,13H,2,11-12,14-16H2,1H3,(H2,23,27)(H2,24,25,26);1H. The fourth-order valence-corrected chi connectivity index (χ4v) is 4.08. The van der Waals surface area contributed by atoms with Crippen LogP contribution >= 0.6 is 35.7 Å². The topological polar surface area (TPSA) is 88.7 Å². The highest BCUT2D eigenvalue weighted by molar-refractivity contribution is 14.0. The first-order valence-electron chi connectivity index (χ1n) is 9.85. The Balaban J connectivity index is 0.00000320. The predicted molar refractivity (Wildman–Crippen MR) is 134 cm³/mol. The van der Waals surface area contributed by atoms with Crippen LogP contribution < -0.4 is 21.1 Å². The molecule has 3 rings (SSSR count). The summed E-state index contributed by atoms with van der Waals surface area (Å²) in [6, 6.07) is 18.1. The molecule has 0 atom stereocenters. The molecule has 2 aromatic carbocycles. The number of nitrogens with two attached hydrogens (primary N) is 1. The molecule has 0 bridgehead atoms. The number of carbonyl (C=O) groups excluding carboxylic acids is 1. The average Bonchev–Trinajstić information content (AvgIpc) is 3.49. The van der Waals surface area contributed by atoms with Gasteiger partial charge in [0.05, 0.1) is 6.54 Å². The van der Waals surface area contributed by atoms with Crippen molar-refractivity contribution in [1.82, 2.24) is 10.6 Å². The van der Waals surface area contributed by atoms with E-state index in [0.717, 1.165) is 24.6 Å². The fraction of sp³-hybridized carbons (Fsp3) is 0.364. The van der Waals surface area contributed by atoms with E-state index in [2.05, 4.69) is 41.8 Å². The second-order valence-electron chi connectivity index (χ2n) is 7.05. The molecule has 1 saturated carbocycles. The third kappa shape index (κ3) is 8.06. The van der Waals surface area contributed by atoms with Gasteiger partial charge in [-0.15, -0.1) is 35.7 Å². The first-order chi connectivity index (χ1) is 14.1. The van der Waals surface area contributed by atoms with Crippen LogP contribution in [0.3, 0.4) is 0 Å². The van der Waals surface area contributed by atoms with E-state index in [9.17, 15) is 4.79 Å². The zero-order valence-corrected chi connectivity index (χ0v) is 20.2. The normalized spacial score (nSPS) is 14.4. The van der Waals surface area contributed by atoms with Crippen molar-refractivity contribution in [3.05, 3.63) is 60.2 Å². The molecule has 6 nitrogen and oxygen atoms in total. The lowest BCUT2D eigenvalue weighted by Gasteiger charge is -2.18. The largest absolute Gasteiger partial charge is 0.484 e. The third-order valence-electron chi connectivity index (χ3n) is 4.51. The Morgan fingerprint density at radius 2 is 1.93 bits per heavy atom. The van der Waals surface area contributed by atoms with Crippen LogP contribution in [0.25, 0.3) is 0 Å². The van der Waals surface area contributed by atoms with Crippen LogP contribution in [0.15, 0.2) is 64.5 Å². The van der Waals surface area contributed by atoms with Crippen LogP contribution in [0.5, 0.6) is 5.75 Å². The molecule has 1 aliphatic rings. The molecular formula is C22H29IN4O2S. The number of guanidine groups is 1. The van der Waals surface area contributed by atoms with Gasteiger partial charge in [-0.3, -0.25) is 4.79 Å². The van der Waals surface area contributed by atoms with Gasteiger partial charge < -0.3 is 21.1 Å². The number of thioether (sulfide) groups is 1. The van der Waals surface area contributed by atoms with Gasteiger partial charge in [-0.05, 0) is 49.6 Å². The van der Waals surface area contributed by atoms with Gasteiger partial charge in [0.1, 0.15) is 5.75 Å². The van der Waals surface area contributed by atoms with E-state index in [1.54, 1.807) is 6.07 Å². The minimum atomic E-state index is -0.491. The summed E-state index contributed by atoms with van der Waals surface area (Å²) >= 11 is 1.94. The molecule has 0 unspecified atom stereocenters. The minimum absolute atomic E-state index is 0. The number of nitrogens with one attached hydrogen (secondary N) is 2. The number of ether oxygens (including phenoxy) is 1. The first-order valence-corrected chi connectivity index (χ1v) is 10.7. The number of halogens is 1. The summed E-state index contributed by atoms with van der Waals surface area (Å²) in [5.41, 5.74) is 6.13. The molecule has 162 valence electrons. The van der Waals surface area contributed by atoms with Crippen LogP contribution in [-0.2, 0) is 11.3 Å². The molecule has 0 aromatic heterocycles. The molecule has 4 N–H and O–H groups in total. The Labute approximate surface area is 199 Å². The number of primary amides is 1. The van der Waals surface area contributed by atoms with Crippen molar-refractivity contribution < 1.29 is 9.53 Å². The summed E-state index contributed by atoms with van der Waals surface area (Å²) < 4.78 is 5.61. The van der Waals surface area contributed by atoms with Crippen molar-refractivity contribution in [2.75, 3.05) is 19.7 Å². The highest BCUT2D eigenvalue weighted by atomic mass is 127. The Morgan fingerprint density at radius 3 is 2.60 bits per heavy atom. The second-order valence-corrected chi connectivity index (χ2v) is 8.59. The van der Waals surface area contributed by atoms with Gasteiger partial charge >= 0.3 is 0 Å². The van der Waals surface area contributed by atoms with Crippen molar-refractivity contribution >= 4 is 47.6 Å². The van der Waals surface area contributed by atoms with Gasteiger partial charge in [-0.25, -0.2) is 4.99 Å². The Kier molecular flexibility index (Phi) is 9.77. The minimum Gasteiger partial charge on any atom is -0.484 e. The summed E-state index contributed by atoms with van der Waals surface area (Å²) in [4.78, 5) is 16.9. The molecule has 0 spiro atoms. The van der Waals surface area contributed by atoms with E-state index >= 15 is 0 Å². The molecule has 0 aliphatic heterocycles. The monoisotopic (exact) mass is 540 g/mol. The summed E-state index contributed by atoms with van der Waals surface area (Å²) in [5.74, 6) is 0.927. The molecule has 1 amide bonds. The third-order valence-corrected chi connectivity index (χ3v) is 6.00. The quantitative estimate of drug-likeness (QED) is 0.244. The highest BCUT2D eigenvalue weighted by Gasteiger charge is 2.43. The van der Waals surface area contributed by atoms with Gasteiger partial charge in [0.2, 0.25) is 0 Å². The maximum Gasteiger partial charge on any atom is 0.255 e. The van der Waals surface area contributed by atoms with Gasteiger partial charge in [0.15, 0.2) is 12.6 Å². The van der Waals surface area contributed by atoms with Crippen LogP contribution in [-0.4, -0.2) is 36.3 Å². The SMILES string of the molecule is CCNC(=NCc1cccc(OCC(N)=O)c1)NCC1(Sc2ccccc2)CC1.I. The number of amides is 1. The van der Waals surface area contributed by atoms with Gasteiger partial charge in [0, 0.05) is 22.7 Å². The van der Waals surface area contributed by atoms with Crippen LogP contribution in [0.2, 0.25) is 0 Å². The van der Waals surface area contributed by atoms with Gasteiger partial charge in [-0.1, -0.05) is 30.3 Å². The van der Waals surface area contributed by atoms with E-state index in [1.807, 2.05) is 36.0 Å². The Hall–Kier alpha value is -1.94. The van der Waals surface area contributed by atoms with Crippen LogP contribution in [0.1, 0.15) is 25.3 Å². The van der Waals surface area contributed by atoms with Crippen molar-refractivity contribution in [2.45, 2.75) is 36.0 Å². The van der Waals surface area contributed by atoms with Crippen molar-refractivity contribution in [3.63, 3.8) is 0 Å². The molecule has 1 aliphatic carbocycles. The van der Waals surface area contributed by atoms with Crippen LogP contribution in [0, 0.1) is 0 Å². The van der Waals surface area contributed by atoms with E-state index in [-0.39, 0.29) is 35.3 Å². The highest BCUT2D eigenvalue weighted by Crippen LogP contribution is 2.51. The number of hydrogen-bond donors (Lipinski definition) is 3. The summed E-state index contributed by atoms with van der Waals surface area (Å²) in [6.07, 6.45) is 2.41. The number of nitrogens with zero attached hydrogens (tertiary/aromatic N) is 1. The molecule has 0 heterocycles. The number of benzene rings is 2. The van der Waals surface area contributed by atoms with Crippen molar-refractivity contribution in [2.24, 2.45) is 10.7 Å². The molecule has 30 heavy (non-hydrogen) atoms. The summed E-state index contributed by atoms with van der Waals surface area (Å²) in [6.45, 7) is 4.12. The molecule has 1 fully saturated rings. The van der Waals surface area contributed by atoms with Crippen LogP contribution in [0.4, 0.5) is 0 Å². The molecule has 2 aromatic rings. The lowest BCUT2D eigenvalue weighted by atomic mass is 10.2. The summed E-state index contributed by atoms with van der Waals surface area (Å²) in [7, 11) is 0. The van der Waals surface area contributed by atoms with Crippen molar-refractivity contribution in [1.29, 1.82) is 0 Å². The zero-order valence-electron chi connectivity index (χ0n) is 17.1. The van der Waals surface area contributed by atoms with Gasteiger partial charge in [-0.2, -0.15) is 0 Å². The predicted octanol–water partition coefficient (Wildman–Crippen LogP) is 3.55. The van der Waals surface area contributed by atoms with Gasteiger partial charge in [0.25, 0.3) is 5.91 Å². The smallest absolute Gasteiger partial charge is 0.255 e. The fourth-order valence-electron chi connectivity index (χ4n) is 2.84. The van der Waals surface area contributed by atoms with E-state index in [4.69, 9.17) is 15.5 Å². The van der Waals surface area contributed by atoms with Crippen molar-refractivity contribution in [3.8, 4) is 5.75 Å². The lowest BCUT2D eigenvalue weighted by molar-refractivity contribution is -0.119. The molecule has 8 heteroatoms. The average molecular weight is 540 g/mol. The molecule has 0 saturated heterocycles. The number of carbonyl (C=O) groups is 1. The molecule has 0 radical (unpaired) electrons. The maximum absolute atomic E-state index is 10.9. The summed E-state index contributed by atoms with van der Waals surface area (Å²) in [5, 5.41) is 6.80. The number of hydrogen-bond acceptors (Lipinski definition) is 4. The number of rotatable bonds is 10. The van der Waals surface area contributed by atoms with E-state index < -0.39 is 5.91 Å². The lowest BCUT2D eigenvalue weighted by Crippen LogP contribution is -2.41. The zero-order chi connectivity index (χ0) is 20.5. The maximum atomic E-state index is 10.9. The first kappa shape index (κ1) is 24.3. The second kappa shape index (κ2) is 12.0. The molecular weight excluding hydrogens is 511 g/mol. The van der Waals surface area contributed by atoms with E-state index in [0.29, 0.717) is 12.3 Å².